The molecule has 0 aromatic carbocycles. The number of hydrogen-bond donors (Lipinski definition) is 0. The van der Waals surface area contributed by atoms with Crippen LogP contribution >= 0.6 is 0 Å². The molecule has 140 valence electrons. The van der Waals surface area contributed by atoms with Gasteiger partial charge in [0.2, 0.25) is 0 Å². The molecule has 0 radical (unpaired) electrons. The van der Waals surface area contributed by atoms with Crippen LogP contribution in [0, 0.1) is 5.92 Å². The molecule has 0 bridgehead atoms. The third-order valence-corrected chi connectivity index (χ3v) is 5.72. The molecule has 1 aliphatic rings. The van der Waals surface area contributed by atoms with Crippen molar-refractivity contribution in [2.24, 2.45) is 5.92 Å². The molecule has 0 aromatic rings. The fourth-order valence-corrected chi connectivity index (χ4v) is 3.29. The van der Waals surface area contributed by atoms with Crippen molar-refractivity contribution in [3.8, 4) is 0 Å². The first-order valence-corrected chi connectivity index (χ1v) is 12.6. The van der Waals surface area contributed by atoms with Crippen LogP contribution in [-0.4, -0.2) is 47.1 Å². The van der Waals surface area contributed by atoms with Crippen molar-refractivity contribution in [3.63, 3.8) is 0 Å². The van der Waals surface area contributed by atoms with Gasteiger partial charge in [-0.15, -0.1) is 6.58 Å². The Morgan fingerprint density at radius 2 is 1.88 bits per heavy atom. The van der Waals surface area contributed by atoms with Crippen molar-refractivity contribution >= 4 is 8.07 Å². The van der Waals surface area contributed by atoms with E-state index < -0.39 is 8.07 Å². The van der Waals surface area contributed by atoms with Gasteiger partial charge in [0.05, 0.1) is 19.3 Å². The van der Waals surface area contributed by atoms with E-state index in [9.17, 15) is 0 Å². The van der Waals surface area contributed by atoms with E-state index in [-0.39, 0.29) is 18.3 Å². The molecule has 1 aliphatic heterocycles. The molecule has 0 aromatic heterocycles. The Balaban J connectivity index is 2.47. The molecule has 0 spiro atoms. The van der Waals surface area contributed by atoms with Crippen LogP contribution in [0.25, 0.3) is 0 Å². The Kier molecular flexibility index (Phi) is 9.45. The average molecular weight is 357 g/mol. The van der Waals surface area contributed by atoms with Crippen LogP contribution in [0.2, 0.25) is 25.7 Å². The lowest BCUT2D eigenvalue weighted by atomic mass is 9.96. The molecule has 2 atom stereocenters. The van der Waals surface area contributed by atoms with Gasteiger partial charge in [-0.3, -0.25) is 0 Å². The van der Waals surface area contributed by atoms with Crippen molar-refractivity contribution in [1.82, 2.24) is 0 Å². The normalized spacial score (nSPS) is 19.5. The van der Waals surface area contributed by atoms with Gasteiger partial charge in [-0.2, -0.15) is 0 Å². The molecule has 1 heterocycles. The van der Waals surface area contributed by atoms with E-state index in [1.807, 2.05) is 6.92 Å². The molecule has 0 aliphatic carbocycles. The lowest BCUT2D eigenvalue weighted by Crippen LogP contribution is -2.25. The van der Waals surface area contributed by atoms with E-state index >= 15 is 0 Å². The summed E-state index contributed by atoms with van der Waals surface area (Å²) in [6, 6.07) is 1.16. The Labute approximate surface area is 149 Å². The van der Waals surface area contributed by atoms with E-state index in [0.29, 0.717) is 20.0 Å². The second-order valence-corrected chi connectivity index (χ2v) is 13.7. The van der Waals surface area contributed by atoms with Crippen molar-refractivity contribution in [1.29, 1.82) is 0 Å². The summed E-state index contributed by atoms with van der Waals surface area (Å²) in [7, 11) is -1.05. The first-order valence-electron chi connectivity index (χ1n) is 8.94. The number of rotatable bonds is 11. The molecule has 1 rings (SSSR count). The van der Waals surface area contributed by atoms with E-state index in [4.69, 9.17) is 18.9 Å². The van der Waals surface area contributed by atoms with Crippen LogP contribution in [0.1, 0.15) is 27.2 Å². The quantitative estimate of drug-likeness (QED) is 0.234. The zero-order valence-electron chi connectivity index (χ0n) is 16.4. The van der Waals surface area contributed by atoms with E-state index in [1.54, 1.807) is 0 Å². The number of hydrogen-bond acceptors (Lipinski definition) is 4. The van der Waals surface area contributed by atoms with Crippen LogP contribution < -0.4 is 0 Å². The smallest absolute Gasteiger partial charge is 0.179 e. The number of ether oxygens (including phenoxy) is 4. The summed E-state index contributed by atoms with van der Waals surface area (Å²) in [5.74, 6) is 0.245. The predicted octanol–water partition coefficient (Wildman–Crippen LogP) is 4.61. The lowest BCUT2D eigenvalue weighted by Gasteiger charge is -2.24. The molecule has 0 amide bonds. The lowest BCUT2D eigenvalue weighted by molar-refractivity contribution is -0.0960. The molecule has 4 nitrogen and oxygen atoms in total. The van der Waals surface area contributed by atoms with Crippen molar-refractivity contribution < 1.29 is 18.9 Å². The molecule has 0 N–H and O–H groups in total. The minimum absolute atomic E-state index is 0.0609. The second-order valence-electron chi connectivity index (χ2n) is 8.05. The topological polar surface area (TPSA) is 36.9 Å². The zero-order chi connectivity index (χ0) is 18.2. The van der Waals surface area contributed by atoms with E-state index in [0.717, 1.165) is 30.2 Å². The summed E-state index contributed by atoms with van der Waals surface area (Å²) in [5, 5.41) is 0. The van der Waals surface area contributed by atoms with Crippen LogP contribution in [0.3, 0.4) is 0 Å². The summed E-state index contributed by atoms with van der Waals surface area (Å²) in [6.45, 7) is 19.8. The molecule has 0 saturated carbocycles. The second kappa shape index (κ2) is 10.5. The highest BCUT2D eigenvalue weighted by Gasteiger charge is 2.22. The minimum Gasteiger partial charge on any atom is -0.356 e. The van der Waals surface area contributed by atoms with Gasteiger partial charge in [0.1, 0.15) is 6.79 Å². The maximum atomic E-state index is 6.00. The molecular formula is C19H36O4Si. The summed E-state index contributed by atoms with van der Waals surface area (Å²) in [5.41, 5.74) is 2.23. The maximum absolute atomic E-state index is 6.00. The minimum atomic E-state index is -1.05. The van der Waals surface area contributed by atoms with Crippen LogP contribution in [0.5, 0.6) is 0 Å². The van der Waals surface area contributed by atoms with E-state index in [1.165, 1.54) is 0 Å². The van der Waals surface area contributed by atoms with Crippen molar-refractivity contribution in [3.05, 3.63) is 23.8 Å². The Morgan fingerprint density at radius 1 is 1.25 bits per heavy atom. The van der Waals surface area contributed by atoms with Crippen LogP contribution in [-0.2, 0) is 18.9 Å². The third kappa shape index (κ3) is 9.13. The molecule has 1 fully saturated rings. The van der Waals surface area contributed by atoms with E-state index in [2.05, 4.69) is 46.1 Å². The van der Waals surface area contributed by atoms with Gasteiger partial charge in [0.15, 0.2) is 6.29 Å². The van der Waals surface area contributed by atoms with Gasteiger partial charge in [0.25, 0.3) is 0 Å². The standard InChI is InChI=1S/C19H36O4Si/c1-15(2)12-18(23-14-20-10-11-24(5,6)7)16(3)13-17(4)19-21-8-9-22-19/h13,16,18-19H,1,8-12,14H2,2-7H3/b17-13+/t16?,18-/m1/s1. The van der Waals surface area contributed by atoms with Crippen molar-refractivity contribution in [2.75, 3.05) is 26.6 Å². The molecule has 1 unspecified atom stereocenters. The summed E-state index contributed by atoms with van der Waals surface area (Å²) < 4.78 is 22.8. The van der Waals surface area contributed by atoms with Crippen molar-refractivity contribution in [2.45, 2.75) is 65.3 Å². The predicted molar refractivity (Wildman–Crippen MR) is 102 cm³/mol. The van der Waals surface area contributed by atoms with Gasteiger partial charge in [-0.1, -0.05) is 38.2 Å². The molecular weight excluding hydrogens is 320 g/mol. The van der Waals surface area contributed by atoms with Gasteiger partial charge in [-0.25, -0.2) is 0 Å². The first kappa shape index (κ1) is 21.6. The highest BCUT2D eigenvalue weighted by molar-refractivity contribution is 6.76. The first-order chi connectivity index (χ1) is 11.2. The molecule has 24 heavy (non-hydrogen) atoms. The Hall–Kier alpha value is -0.463. The molecule has 5 heteroatoms. The highest BCUT2D eigenvalue weighted by Crippen LogP contribution is 2.22. The van der Waals surface area contributed by atoms with Gasteiger partial charge < -0.3 is 18.9 Å². The maximum Gasteiger partial charge on any atom is 0.179 e. The summed E-state index contributed by atoms with van der Waals surface area (Å²) in [4.78, 5) is 0. The zero-order valence-corrected chi connectivity index (χ0v) is 17.4. The third-order valence-electron chi connectivity index (χ3n) is 4.02. The monoisotopic (exact) mass is 356 g/mol. The van der Waals surface area contributed by atoms with Crippen LogP contribution in [0.15, 0.2) is 23.8 Å². The fraction of sp³-hybridized carbons (Fsp3) is 0.789. The van der Waals surface area contributed by atoms with Gasteiger partial charge >= 0.3 is 0 Å². The average Bonchev–Trinajstić information content (AvgIpc) is 2.98. The van der Waals surface area contributed by atoms with Crippen LogP contribution in [0.4, 0.5) is 0 Å². The fourth-order valence-electron chi connectivity index (χ4n) is 2.53. The highest BCUT2D eigenvalue weighted by atomic mass is 28.3. The van der Waals surface area contributed by atoms with Gasteiger partial charge in [-0.05, 0) is 31.9 Å². The molecule has 1 saturated heterocycles. The SMILES string of the molecule is C=C(C)C[C@@H](OCOCC[Si](C)(C)C)C(C)/C=C(\C)C1OCCO1. The Bertz CT molecular complexity index is 408. The summed E-state index contributed by atoms with van der Waals surface area (Å²) in [6.07, 6.45) is 2.87. The van der Waals surface area contributed by atoms with Gasteiger partial charge in [0, 0.05) is 20.6 Å². The largest absolute Gasteiger partial charge is 0.356 e. The summed E-state index contributed by atoms with van der Waals surface area (Å²) >= 11 is 0. The Morgan fingerprint density at radius 3 is 2.42 bits per heavy atom.